The van der Waals surface area contributed by atoms with Gasteiger partial charge in [0.25, 0.3) is 0 Å². The molecule has 42 heavy (non-hydrogen) atoms. The topological polar surface area (TPSA) is 72.8 Å². The minimum Gasteiger partial charge on any atom is -0.463 e. The second-order valence-corrected chi connectivity index (χ2v) is 13.7. The molecule has 0 aromatic rings. The van der Waals surface area contributed by atoms with Gasteiger partial charge >= 0.3 is 11.9 Å². The van der Waals surface area contributed by atoms with E-state index in [-0.39, 0.29) is 25.2 Å². The smallest absolute Gasteiger partial charge is 0.305 e. The van der Waals surface area contributed by atoms with E-state index < -0.39 is 6.10 Å². The Bertz CT molecular complexity index is 589. The van der Waals surface area contributed by atoms with Gasteiger partial charge < -0.3 is 14.6 Å². The lowest BCUT2D eigenvalue weighted by atomic mass is 10.0. The maximum atomic E-state index is 11.9. The Hall–Kier alpha value is -1.10. The summed E-state index contributed by atoms with van der Waals surface area (Å²) < 4.78 is 10.3. The number of unbranched alkanes of at least 4 members (excludes halogenated alkanes) is 20. The summed E-state index contributed by atoms with van der Waals surface area (Å²) in [6, 6.07) is 0. The van der Waals surface area contributed by atoms with Gasteiger partial charge in [-0.2, -0.15) is 0 Å². The fourth-order valence-electron chi connectivity index (χ4n) is 5.40. The highest BCUT2D eigenvalue weighted by Gasteiger charge is 2.12. The normalized spacial score (nSPS) is 12.3. The van der Waals surface area contributed by atoms with Crippen molar-refractivity contribution in [3.8, 4) is 0 Å². The molecule has 0 aromatic heterocycles. The van der Waals surface area contributed by atoms with Crippen molar-refractivity contribution >= 4 is 11.9 Å². The maximum Gasteiger partial charge on any atom is 0.305 e. The molecule has 0 saturated carbocycles. The van der Waals surface area contributed by atoms with Gasteiger partial charge in [-0.1, -0.05) is 169 Å². The van der Waals surface area contributed by atoms with Crippen LogP contribution < -0.4 is 0 Å². The van der Waals surface area contributed by atoms with Gasteiger partial charge in [0.05, 0.1) is 0 Å². The molecule has 1 atom stereocenters. The summed E-state index contributed by atoms with van der Waals surface area (Å²) >= 11 is 0. The predicted molar refractivity (Wildman–Crippen MR) is 178 cm³/mol. The first kappa shape index (κ1) is 40.9. The van der Waals surface area contributed by atoms with E-state index in [0.29, 0.717) is 12.8 Å². The fraction of sp³-hybridized carbons (Fsp3) is 0.946. The van der Waals surface area contributed by atoms with E-state index in [9.17, 15) is 14.7 Å². The standard InChI is InChI=1S/C37H72O5/c1-33(2)27-23-19-15-11-7-5-6-8-13-17-21-25-29-36(39)41-31-35(38)32-42-37(40)30-26-22-18-14-10-9-12-16-20-24-28-34(3)4/h33-35,38H,5-32H2,1-4H3/t35-/m0/s1. The van der Waals surface area contributed by atoms with Crippen LogP contribution >= 0.6 is 0 Å². The number of aliphatic hydroxyl groups is 1. The molecule has 5 heteroatoms. The fourth-order valence-corrected chi connectivity index (χ4v) is 5.40. The number of carbonyl (C=O) groups is 2. The zero-order chi connectivity index (χ0) is 31.1. The molecule has 250 valence electrons. The molecule has 1 N–H and O–H groups in total. The van der Waals surface area contributed by atoms with Crippen molar-refractivity contribution in [1.82, 2.24) is 0 Å². The van der Waals surface area contributed by atoms with Crippen LogP contribution in [-0.2, 0) is 19.1 Å². The molecule has 0 aromatic carbocycles. The van der Waals surface area contributed by atoms with E-state index in [1.165, 1.54) is 122 Å². The van der Waals surface area contributed by atoms with Crippen LogP contribution in [0.25, 0.3) is 0 Å². The average Bonchev–Trinajstić information content (AvgIpc) is 2.95. The minimum absolute atomic E-state index is 0.110. The van der Waals surface area contributed by atoms with Crippen molar-refractivity contribution in [2.75, 3.05) is 13.2 Å². The zero-order valence-corrected chi connectivity index (χ0v) is 28.6. The van der Waals surface area contributed by atoms with Crippen molar-refractivity contribution in [3.63, 3.8) is 0 Å². The Balaban J connectivity index is 3.40. The van der Waals surface area contributed by atoms with Gasteiger partial charge in [-0.05, 0) is 24.7 Å². The number of ether oxygens (including phenoxy) is 2. The number of aliphatic hydroxyl groups excluding tert-OH is 1. The molecule has 0 bridgehead atoms. The Morgan fingerprint density at radius 1 is 0.429 bits per heavy atom. The summed E-state index contributed by atoms with van der Waals surface area (Å²) in [7, 11) is 0. The summed E-state index contributed by atoms with van der Waals surface area (Å²) in [4.78, 5) is 23.8. The Labute approximate surface area is 261 Å². The van der Waals surface area contributed by atoms with Crippen LogP contribution in [0, 0.1) is 11.8 Å². The summed E-state index contributed by atoms with van der Waals surface area (Å²) in [5.41, 5.74) is 0. The SMILES string of the molecule is CC(C)CCCCCCCCCCCCCCC(=O)OC[C@H](O)COC(=O)CCCCCCCCCCCCC(C)C. The highest BCUT2D eigenvalue weighted by molar-refractivity contribution is 5.69. The van der Waals surface area contributed by atoms with Crippen LogP contribution in [0.3, 0.4) is 0 Å². The summed E-state index contributed by atoms with van der Waals surface area (Å²) in [5.74, 6) is 1.11. The molecule has 0 heterocycles. The molecule has 0 amide bonds. The Kier molecular flexibility index (Phi) is 30.5. The van der Waals surface area contributed by atoms with Crippen LogP contribution in [0.1, 0.15) is 195 Å². The zero-order valence-electron chi connectivity index (χ0n) is 28.6. The molecular formula is C37H72O5. The lowest BCUT2D eigenvalue weighted by Gasteiger charge is -2.12. The highest BCUT2D eigenvalue weighted by atomic mass is 16.6. The van der Waals surface area contributed by atoms with E-state index in [1.807, 2.05) is 0 Å². The first-order chi connectivity index (χ1) is 20.3. The van der Waals surface area contributed by atoms with Gasteiger partial charge in [-0.15, -0.1) is 0 Å². The molecule has 0 aliphatic heterocycles. The van der Waals surface area contributed by atoms with Crippen molar-refractivity contribution in [1.29, 1.82) is 0 Å². The second-order valence-electron chi connectivity index (χ2n) is 13.7. The quantitative estimate of drug-likeness (QED) is 0.0617. The summed E-state index contributed by atoms with van der Waals surface area (Å²) in [5, 5.41) is 9.98. The summed E-state index contributed by atoms with van der Waals surface area (Å²) in [6.07, 6.45) is 30.1. The monoisotopic (exact) mass is 597 g/mol. The largest absolute Gasteiger partial charge is 0.463 e. The van der Waals surface area contributed by atoms with Crippen LogP contribution in [-0.4, -0.2) is 36.4 Å². The van der Waals surface area contributed by atoms with Crippen LogP contribution in [0.15, 0.2) is 0 Å². The molecule has 0 saturated heterocycles. The molecule has 0 aliphatic carbocycles. The van der Waals surface area contributed by atoms with Gasteiger partial charge in [0.2, 0.25) is 0 Å². The molecular weight excluding hydrogens is 524 g/mol. The van der Waals surface area contributed by atoms with E-state index >= 15 is 0 Å². The van der Waals surface area contributed by atoms with E-state index in [0.717, 1.165) is 43.9 Å². The number of hydrogen-bond acceptors (Lipinski definition) is 5. The number of rotatable bonds is 32. The molecule has 0 fully saturated rings. The van der Waals surface area contributed by atoms with Crippen molar-refractivity contribution in [2.45, 2.75) is 201 Å². The third kappa shape index (κ3) is 33.4. The third-order valence-corrected chi connectivity index (χ3v) is 8.20. The first-order valence-electron chi connectivity index (χ1n) is 18.3. The van der Waals surface area contributed by atoms with E-state index in [2.05, 4.69) is 27.7 Å². The van der Waals surface area contributed by atoms with Crippen LogP contribution in [0.4, 0.5) is 0 Å². The molecule has 0 unspecified atom stereocenters. The minimum atomic E-state index is -0.955. The molecule has 0 spiro atoms. The van der Waals surface area contributed by atoms with Gasteiger partial charge in [0, 0.05) is 12.8 Å². The van der Waals surface area contributed by atoms with E-state index in [4.69, 9.17) is 9.47 Å². The Morgan fingerprint density at radius 2 is 0.667 bits per heavy atom. The van der Waals surface area contributed by atoms with Gasteiger partial charge in [-0.25, -0.2) is 0 Å². The van der Waals surface area contributed by atoms with Crippen molar-refractivity contribution in [3.05, 3.63) is 0 Å². The van der Waals surface area contributed by atoms with Gasteiger partial charge in [0.15, 0.2) is 0 Å². The first-order valence-corrected chi connectivity index (χ1v) is 18.3. The average molecular weight is 597 g/mol. The van der Waals surface area contributed by atoms with Crippen molar-refractivity contribution < 1.29 is 24.2 Å². The molecule has 0 radical (unpaired) electrons. The second kappa shape index (κ2) is 31.3. The molecule has 0 rings (SSSR count). The van der Waals surface area contributed by atoms with Gasteiger partial charge in [-0.3, -0.25) is 9.59 Å². The lowest BCUT2D eigenvalue weighted by molar-refractivity contribution is -0.152. The van der Waals surface area contributed by atoms with Gasteiger partial charge in [0.1, 0.15) is 19.3 Å². The Morgan fingerprint density at radius 3 is 0.929 bits per heavy atom. The molecule has 5 nitrogen and oxygen atoms in total. The third-order valence-electron chi connectivity index (χ3n) is 8.20. The lowest BCUT2D eigenvalue weighted by Crippen LogP contribution is -2.25. The number of carbonyl (C=O) groups excluding carboxylic acids is 2. The number of esters is 2. The van der Waals surface area contributed by atoms with Crippen LogP contribution in [0.5, 0.6) is 0 Å². The maximum absolute atomic E-state index is 11.9. The number of hydrogen-bond donors (Lipinski definition) is 1. The highest BCUT2D eigenvalue weighted by Crippen LogP contribution is 2.16. The predicted octanol–water partition coefficient (Wildman–Crippen LogP) is 10.9. The summed E-state index contributed by atoms with van der Waals surface area (Å²) in [6.45, 7) is 8.99. The van der Waals surface area contributed by atoms with Crippen molar-refractivity contribution in [2.24, 2.45) is 11.8 Å². The molecule has 0 aliphatic rings. The van der Waals surface area contributed by atoms with Crippen LogP contribution in [0.2, 0.25) is 0 Å². The van der Waals surface area contributed by atoms with E-state index in [1.54, 1.807) is 0 Å².